The number of nitrogens with one attached hydrogen (secondary N) is 4. The first-order chi connectivity index (χ1) is 22.3. The highest BCUT2D eigenvalue weighted by molar-refractivity contribution is 5.95. The number of carboxylic acids is 1. The molecule has 2 aliphatic rings. The van der Waals surface area contributed by atoms with E-state index in [1.54, 1.807) is 65.8 Å². The lowest BCUT2D eigenvalue weighted by atomic mass is 9.94. The van der Waals surface area contributed by atoms with E-state index >= 15 is 0 Å². The summed E-state index contributed by atoms with van der Waals surface area (Å²) >= 11 is 0. The molecule has 48 heavy (non-hydrogen) atoms. The van der Waals surface area contributed by atoms with Crippen molar-refractivity contribution >= 4 is 41.5 Å². The number of ether oxygens (including phenoxy) is 2. The largest absolute Gasteiger partial charge is 0.480 e. The minimum absolute atomic E-state index is 0.00538. The Bertz CT molecular complexity index is 1290. The summed E-state index contributed by atoms with van der Waals surface area (Å²) in [6.45, 7) is 14.3. The van der Waals surface area contributed by atoms with Crippen LogP contribution in [0.1, 0.15) is 86.6 Å². The molecule has 0 aromatic heterocycles. The number of imide groups is 1. The predicted octanol–water partition coefficient (Wildman–Crippen LogP) is 3.83. The summed E-state index contributed by atoms with van der Waals surface area (Å²) in [5.74, 6) is -2.40. The highest BCUT2D eigenvalue weighted by Crippen LogP contribution is 2.21. The molecule has 2 aliphatic heterocycles. The van der Waals surface area contributed by atoms with Gasteiger partial charge in [0.05, 0.1) is 25.7 Å². The Morgan fingerprint density at radius 3 is 2.25 bits per heavy atom. The summed E-state index contributed by atoms with van der Waals surface area (Å²) in [6, 6.07) is 3.24. The number of anilines is 1. The molecule has 1 unspecified atom stereocenters. The number of rotatable bonds is 9. The number of nitrogens with zero attached hydrogens (tertiary/aromatic N) is 1. The molecular weight excluding hydrogens is 622 g/mol. The summed E-state index contributed by atoms with van der Waals surface area (Å²) in [7, 11) is 0. The molecule has 6 amide bonds. The molecule has 1 aromatic rings. The van der Waals surface area contributed by atoms with Gasteiger partial charge in [-0.1, -0.05) is 46.8 Å². The molecule has 0 saturated carbocycles. The van der Waals surface area contributed by atoms with Crippen molar-refractivity contribution in [3.05, 3.63) is 29.8 Å². The van der Waals surface area contributed by atoms with Crippen LogP contribution in [-0.2, 0) is 35.1 Å². The van der Waals surface area contributed by atoms with E-state index in [1.165, 1.54) is 0 Å². The summed E-state index contributed by atoms with van der Waals surface area (Å²) in [4.78, 5) is 77.7. The first-order valence-corrected chi connectivity index (χ1v) is 16.4. The predicted molar refractivity (Wildman–Crippen MR) is 179 cm³/mol. The van der Waals surface area contributed by atoms with Gasteiger partial charge in [0, 0.05) is 24.1 Å². The molecule has 0 fully saturated rings. The minimum Gasteiger partial charge on any atom is -0.480 e. The van der Waals surface area contributed by atoms with Gasteiger partial charge < -0.3 is 35.8 Å². The fourth-order valence-corrected chi connectivity index (χ4v) is 4.68. The summed E-state index contributed by atoms with van der Waals surface area (Å²) < 4.78 is 11.1. The van der Waals surface area contributed by atoms with Crippen molar-refractivity contribution in [1.29, 1.82) is 0 Å². The Morgan fingerprint density at radius 1 is 1.04 bits per heavy atom. The number of aliphatic carboxylic acids is 1. The topological polar surface area (TPSA) is 192 Å². The normalized spacial score (nSPS) is 18.4. The molecule has 0 aliphatic carbocycles. The molecular formula is C34H53N5O9. The van der Waals surface area contributed by atoms with E-state index in [9.17, 15) is 33.9 Å². The first-order valence-electron chi connectivity index (χ1n) is 16.4. The minimum atomic E-state index is -1.30. The lowest BCUT2D eigenvalue weighted by Crippen LogP contribution is -2.56. The monoisotopic (exact) mass is 675 g/mol. The standard InChI is InChI=1S/C34H53N5O9/c1-21(2)26-20-47-18-16-27(40)35-23-14-12-22(13-15-23)19-25(28(41)36-26)38-31(45)37-24(29(42)43)11-9-10-17-39(30(44)33(3,4)5)32(46)48-34(6,7)8/h12-15,21,24-26H,9-11,16-20H2,1-8H3,(H,35,40)(H,36,41)(H,42,43)(H2,37,38,45)/t24?,25-,26-/m1/s1. The second kappa shape index (κ2) is 17.8. The van der Waals surface area contributed by atoms with E-state index in [2.05, 4.69) is 21.3 Å². The first kappa shape index (κ1) is 40.0. The highest BCUT2D eigenvalue weighted by atomic mass is 16.6. The van der Waals surface area contributed by atoms with Gasteiger partial charge in [0.15, 0.2) is 0 Å². The van der Waals surface area contributed by atoms with Gasteiger partial charge in [0.1, 0.15) is 17.7 Å². The number of unbranched alkanes of at least 4 members (excludes halogenated alkanes) is 1. The molecule has 2 bridgehead atoms. The van der Waals surface area contributed by atoms with Crippen molar-refractivity contribution in [1.82, 2.24) is 20.9 Å². The number of hydrogen-bond donors (Lipinski definition) is 5. The molecule has 14 nitrogen and oxygen atoms in total. The fraction of sp³-hybridized carbons (Fsp3) is 0.647. The third-order valence-corrected chi connectivity index (χ3v) is 7.43. The van der Waals surface area contributed by atoms with Crippen molar-refractivity contribution in [3.63, 3.8) is 0 Å². The molecule has 3 atom stereocenters. The molecule has 0 saturated heterocycles. The molecule has 1 aromatic carbocycles. The lowest BCUT2D eigenvalue weighted by molar-refractivity contribution is -0.140. The maximum absolute atomic E-state index is 13.5. The van der Waals surface area contributed by atoms with E-state index in [-0.39, 0.29) is 63.7 Å². The second-order valence-corrected chi connectivity index (χ2v) is 14.4. The van der Waals surface area contributed by atoms with Crippen LogP contribution >= 0.6 is 0 Å². The third-order valence-electron chi connectivity index (χ3n) is 7.43. The Balaban J connectivity index is 2.12. The van der Waals surface area contributed by atoms with Gasteiger partial charge in [-0.2, -0.15) is 0 Å². The van der Waals surface area contributed by atoms with Crippen molar-refractivity contribution in [2.45, 2.75) is 111 Å². The van der Waals surface area contributed by atoms with Crippen LogP contribution < -0.4 is 21.3 Å². The van der Waals surface area contributed by atoms with Gasteiger partial charge in [-0.05, 0) is 63.6 Å². The van der Waals surface area contributed by atoms with Crippen LogP contribution in [0.15, 0.2) is 24.3 Å². The summed E-state index contributed by atoms with van der Waals surface area (Å²) in [5, 5.41) is 20.6. The van der Waals surface area contributed by atoms with E-state index in [0.29, 0.717) is 11.3 Å². The second-order valence-electron chi connectivity index (χ2n) is 14.4. The van der Waals surface area contributed by atoms with E-state index < -0.39 is 59.0 Å². The Morgan fingerprint density at radius 2 is 1.69 bits per heavy atom. The highest BCUT2D eigenvalue weighted by Gasteiger charge is 2.34. The average Bonchev–Trinajstić information content (AvgIpc) is 2.96. The number of fused-ring (bicyclic) bond motifs is 12. The molecule has 0 spiro atoms. The van der Waals surface area contributed by atoms with Crippen molar-refractivity contribution in [3.8, 4) is 0 Å². The maximum Gasteiger partial charge on any atom is 0.417 e. The Hall–Kier alpha value is -4.20. The van der Waals surface area contributed by atoms with Gasteiger partial charge in [0.25, 0.3) is 0 Å². The number of carboxylic acid groups (broad SMARTS) is 1. The molecule has 14 heteroatoms. The zero-order valence-electron chi connectivity index (χ0n) is 29.4. The molecule has 3 rings (SSSR count). The number of carbonyl (C=O) groups is 6. The van der Waals surface area contributed by atoms with Gasteiger partial charge in [-0.15, -0.1) is 0 Å². The van der Waals surface area contributed by atoms with Gasteiger partial charge >= 0.3 is 18.1 Å². The fourth-order valence-electron chi connectivity index (χ4n) is 4.68. The smallest absolute Gasteiger partial charge is 0.417 e. The quantitative estimate of drug-likeness (QED) is 0.242. The average molecular weight is 676 g/mol. The Labute approximate surface area is 283 Å². The van der Waals surface area contributed by atoms with E-state index in [1.807, 2.05) is 13.8 Å². The molecule has 0 radical (unpaired) electrons. The van der Waals surface area contributed by atoms with Crippen LogP contribution in [0.25, 0.3) is 0 Å². The molecule has 5 N–H and O–H groups in total. The van der Waals surface area contributed by atoms with Gasteiger partial charge in [-0.3, -0.25) is 14.4 Å². The summed E-state index contributed by atoms with van der Waals surface area (Å²) in [6.07, 6.45) is -0.0000216. The van der Waals surface area contributed by atoms with E-state index in [4.69, 9.17) is 9.47 Å². The van der Waals surface area contributed by atoms with Crippen molar-refractivity contribution < 1.29 is 43.3 Å². The zero-order valence-corrected chi connectivity index (χ0v) is 29.4. The Kier molecular flexibility index (Phi) is 14.8. The molecule has 268 valence electrons. The molecule has 2 heterocycles. The van der Waals surface area contributed by atoms with Gasteiger partial charge in [-0.25, -0.2) is 19.3 Å². The van der Waals surface area contributed by atoms with E-state index in [0.717, 1.165) is 4.90 Å². The van der Waals surface area contributed by atoms with Gasteiger partial charge in [0.2, 0.25) is 17.7 Å². The zero-order chi connectivity index (χ0) is 36.2. The van der Waals surface area contributed by atoms with Crippen LogP contribution in [0.2, 0.25) is 0 Å². The van der Waals surface area contributed by atoms with Crippen LogP contribution in [0, 0.1) is 11.3 Å². The maximum atomic E-state index is 13.5. The van der Waals surface area contributed by atoms with Crippen LogP contribution in [0.5, 0.6) is 0 Å². The number of amides is 6. The van der Waals surface area contributed by atoms with Crippen LogP contribution in [0.4, 0.5) is 15.3 Å². The van der Waals surface area contributed by atoms with Crippen LogP contribution in [0.3, 0.4) is 0 Å². The number of urea groups is 1. The number of carbonyl (C=O) groups excluding carboxylic acids is 5. The third kappa shape index (κ3) is 13.9. The summed E-state index contributed by atoms with van der Waals surface area (Å²) in [5.41, 5.74) is -0.384. The van der Waals surface area contributed by atoms with Crippen LogP contribution in [-0.4, -0.2) is 89.3 Å². The van der Waals surface area contributed by atoms with Crippen molar-refractivity contribution in [2.24, 2.45) is 11.3 Å². The lowest BCUT2D eigenvalue weighted by Gasteiger charge is -2.30. The number of benzene rings is 1. The van der Waals surface area contributed by atoms with Crippen molar-refractivity contribution in [2.75, 3.05) is 25.1 Å². The SMILES string of the molecule is CC(C)[C@H]1COCCC(=O)Nc2ccc(cc2)C[C@@H](NC(=O)NC(CCCCN(C(=O)OC(C)(C)C)C(=O)C(C)(C)C)C(=O)O)C(=O)N1. The number of hydrogen-bond acceptors (Lipinski definition) is 8.